The summed E-state index contributed by atoms with van der Waals surface area (Å²) < 4.78 is 0. The number of primary amides is 1. The van der Waals surface area contributed by atoms with Crippen LogP contribution >= 0.6 is 0 Å². The van der Waals surface area contributed by atoms with E-state index in [1.54, 1.807) is 0 Å². The average Bonchev–Trinajstić information content (AvgIpc) is 3.39. The number of nitrogens with two attached hydrogens (primary N) is 2. The first-order chi connectivity index (χ1) is 18.8. The fraction of sp³-hybridized carbons (Fsp3) is 0.375. The van der Waals surface area contributed by atoms with Crippen molar-refractivity contribution in [1.82, 2.24) is 25.9 Å². The minimum atomic E-state index is -1.64. The molecule has 16 nitrogen and oxygen atoms in total. The second-order valence-electron chi connectivity index (χ2n) is 8.88. The molecular formula is C24H31N7O9. The first-order valence-corrected chi connectivity index (χ1v) is 12.0. The largest absolute Gasteiger partial charge is 0.508 e. The third-order valence-electron chi connectivity index (χ3n) is 5.64. The van der Waals surface area contributed by atoms with Crippen molar-refractivity contribution >= 4 is 35.6 Å². The maximum atomic E-state index is 13.3. The van der Waals surface area contributed by atoms with Crippen LogP contribution < -0.4 is 27.4 Å². The van der Waals surface area contributed by atoms with Crippen molar-refractivity contribution in [1.29, 1.82) is 0 Å². The van der Waals surface area contributed by atoms with Crippen molar-refractivity contribution < 1.29 is 44.1 Å². The average molecular weight is 562 g/mol. The Kier molecular flexibility index (Phi) is 11.6. The van der Waals surface area contributed by atoms with Crippen LogP contribution in [0.3, 0.4) is 0 Å². The highest BCUT2D eigenvalue weighted by molar-refractivity contribution is 5.96. The number of imidazole rings is 1. The quantitative estimate of drug-likeness (QED) is 0.103. The topological polar surface area (TPSA) is 280 Å². The smallest absolute Gasteiger partial charge is 0.326 e. The second-order valence-corrected chi connectivity index (χ2v) is 8.88. The van der Waals surface area contributed by atoms with Gasteiger partial charge in [0.2, 0.25) is 23.6 Å². The van der Waals surface area contributed by atoms with Crippen molar-refractivity contribution in [3.05, 3.63) is 48.0 Å². The maximum absolute atomic E-state index is 13.3. The lowest BCUT2D eigenvalue weighted by Gasteiger charge is -2.25. The summed E-state index contributed by atoms with van der Waals surface area (Å²) in [5.41, 5.74) is 12.3. The number of hydrogen-bond donors (Lipinski definition) is 9. The van der Waals surface area contributed by atoms with Crippen LogP contribution in [0.25, 0.3) is 0 Å². The molecule has 0 aliphatic rings. The maximum Gasteiger partial charge on any atom is 0.326 e. The number of H-pyrrole nitrogens is 1. The molecule has 2 rings (SSSR count). The molecule has 1 aromatic carbocycles. The van der Waals surface area contributed by atoms with E-state index in [0.29, 0.717) is 11.3 Å². The van der Waals surface area contributed by atoms with Crippen LogP contribution in [0, 0.1) is 0 Å². The number of carbonyl (C=O) groups excluding carboxylic acids is 4. The zero-order chi connectivity index (χ0) is 29.8. The number of amides is 4. The minimum absolute atomic E-state index is 0.0376. The Labute approximate surface area is 227 Å². The van der Waals surface area contributed by atoms with Crippen molar-refractivity contribution in [2.24, 2.45) is 11.5 Å². The van der Waals surface area contributed by atoms with Crippen LogP contribution in [0.2, 0.25) is 0 Å². The Morgan fingerprint density at radius 2 is 1.48 bits per heavy atom. The van der Waals surface area contributed by atoms with Gasteiger partial charge in [-0.3, -0.25) is 24.0 Å². The first kappa shape index (κ1) is 31.2. The number of phenols is 1. The summed E-state index contributed by atoms with van der Waals surface area (Å²) in [6, 6.07) is 0.0460. The number of benzene rings is 1. The van der Waals surface area contributed by atoms with Gasteiger partial charge in [0.1, 0.15) is 23.9 Å². The number of aromatic hydroxyl groups is 1. The summed E-state index contributed by atoms with van der Waals surface area (Å²) in [5, 5.41) is 34.6. The Morgan fingerprint density at radius 1 is 0.875 bits per heavy atom. The number of rotatable bonds is 16. The molecule has 0 saturated carbocycles. The number of carbonyl (C=O) groups is 6. The van der Waals surface area contributed by atoms with Gasteiger partial charge in [0.25, 0.3) is 0 Å². The summed E-state index contributed by atoms with van der Waals surface area (Å²) in [6.45, 7) is 0. The van der Waals surface area contributed by atoms with Gasteiger partial charge >= 0.3 is 11.9 Å². The molecule has 4 amide bonds. The van der Waals surface area contributed by atoms with E-state index >= 15 is 0 Å². The SMILES string of the molecule is NC(=O)CC(NC(=O)C(Cc1ccc(O)cc1)NC(=O)C(N)Cc1cnc[nH]1)C(=O)NC(CCC(=O)O)C(=O)O. The highest BCUT2D eigenvalue weighted by Crippen LogP contribution is 2.12. The Bertz CT molecular complexity index is 1200. The second kappa shape index (κ2) is 14.8. The first-order valence-electron chi connectivity index (χ1n) is 12.0. The molecule has 4 unspecified atom stereocenters. The zero-order valence-electron chi connectivity index (χ0n) is 21.2. The highest BCUT2D eigenvalue weighted by atomic mass is 16.4. The molecular weight excluding hydrogens is 530 g/mol. The summed E-state index contributed by atoms with van der Waals surface area (Å²) in [5.74, 6) is -6.60. The fourth-order valence-corrected chi connectivity index (χ4v) is 3.56. The molecule has 40 heavy (non-hydrogen) atoms. The van der Waals surface area contributed by atoms with E-state index in [9.17, 15) is 39.0 Å². The van der Waals surface area contributed by atoms with E-state index in [4.69, 9.17) is 16.6 Å². The van der Waals surface area contributed by atoms with Crippen molar-refractivity contribution in [2.45, 2.75) is 56.3 Å². The van der Waals surface area contributed by atoms with Gasteiger partial charge in [-0.1, -0.05) is 12.1 Å². The van der Waals surface area contributed by atoms with E-state index in [2.05, 4.69) is 25.9 Å². The van der Waals surface area contributed by atoms with Crippen LogP contribution in [0.15, 0.2) is 36.8 Å². The molecule has 0 aliphatic heterocycles. The standard InChI is InChI=1S/C24H31N7O9/c25-15(8-13-10-27-11-28-13)21(36)30-17(7-12-1-3-14(32)4-2-12)22(37)31-18(9-19(26)33)23(38)29-16(24(39)40)5-6-20(34)35/h1-4,10-11,15-18,32H,5-9,25H2,(H2,26,33)(H,27,28)(H,29,38)(H,30,36)(H,31,37)(H,34,35)(H,39,40). The molecule has 0 saturated heterocycles. The molecule has 216 valence electrons. The fourth-order valence-electron chi connectivity index (χ4n) is 3.56. The molecule has 2 aromatic rings. The molecule has 0 fully saturated rings. The number of phenolic OH excluding ortho intramolecular Hbond substituents is 1. The molecule has 0 spiro atoms. The van der Waals surface area contributed by atoms with Crippen LogP contribution in [0.5, 0.6) is 5.75 Å². The van der Waals surface area contributed by atoms with E-state index < -0.39 is 79.0 Å². The summed E-state index contributed by atoms with van der Waals surface area (Å²) >= 11 is 0. The zero-order valence-corrected chi connectivity index (χ0v) is 21.2. The summed E-state index contributed by atoms with van der Waals surface area (Å²) in [7, 11) is 0. The third kappa shape index (κ3) is 10.4. The number of nitrogens with one attached hydrogen (secondary N) is 4. The molecule has 1 aromatic heterocycles. The van der Waals surface area contributed by atoms with Gasteiger partial charge in [0.05, 0.1) is 18.8 Å². The van der Waals surface area contributed by atoms with Gasteiger partial charge in [-0.15, -0.1) is 0 Å². The molecule has 0 bridgehead atoms. The summed E-state index contributed by atoms with van der Waals surface area (Å²) in [6.07, 6.45) is 1.09. The summed E-state index contributed by atoms with van der Waals surface area (Å²) in [4.78, 5) is 79.5. The van der Waals surface area contributed by atoms with Crippen LogP contribution in [0.1, 0.15) is 30.5 Å². The predicted molar refractivity (Wildman–Crippen MR) is 136 cm³/mol. The number of aliphatic carboxylic acids is 2. The van der Waals surface area contributed by atoms with E-state index in [1.807, 2.05) is 0 Å². The monoisotopic (exact) mass is 561 g/mol. The number of carboxylic acid groups (broad SMARTS) is 2. The lowest BCUT2D eigenvalue weighted by molar-refractivity contribution is -0.143. The van der Waals surface area contributed by atoms with Crippen molar-refractivity contribution in [3.63, 3.8) is 0 Å². The van der Waals surface area contributed by atoms with Crippen LogP contribution in [0.4, 0.5) is 0 Å². The van der Waals surface area contributed by atoms with Crippen LogP contribution in [-0.2, 0) is 41.6 Å². The third-order valence-corrected chi connectivity index (χ3v) is 5.64. The van der Waals surface area contributed by atoms with Gasteiger partial charge in [-0.05, 0) is 24.1 Å². The van der Waals surface area contributed by atoms with Crippen molar-refractivity contribution in [3.8, 4) is 5.75 Å². The number of aromatic amines is 1. The number of hydrogen-bond acceptors (Lipinski definition) is 9. The molecule has 11 N–H and O–H groups in total. The van der Waals surface area contributed by atoms with E-state index in [-0.39, 0.29) is 18.6 Å². The molecule has 4 atom stereocenters. The number of carboxylic acids is 2. The molecule has 0 radical (unpaired) electrons. The van der Waals surface area contributed by atoms with Gasteiger partial charge in [-0.25, -0.2) is 9.78 Å². The minimum Gasteiger partial charge on any atom is -0.508 e. The van der Waals surface area contributed by atoms with Gasteiger partial charge in [-0.2, -0.15) is 0 Å². The highest BCUT2D eigenvalue weighted by Gasteiger charge is 2.31. The Balaban J connectivity index is 2.22. The predicted octanol–water partition coefficient (Wildman–Crippen LogP) is -2.49. The lowest BCUT2D eigenvalue weighted by Crippen LogP contribution is -2.58. The molecule has 1 heterocycles. The van der Waals surface area contributed by atoms with Crippen LogP contribution in [-0.4, -0.2) is 85.0 Å². The van der Waals surface area contributed by atoms with E-state index in [1.165, 1.54) is 36.8 Å². The number of nitrogens with zero attached hydrogens (tertiary/aromatic N) is 1. The molecule has 0 aliphatic carbocycles. The van der Waals surface area contributed by atoms with Gasteiger partial charge < -0.3 is 47.7 Å². The van der Waals surface area contributed by atoms with Gasteiger partial charge in [0.15, 0.2) is 0 Å². The van der Waals surface area contributed by atoms with Crippen molar-refractivity contribution in [2.75, 3.05) is 0 Å². The lowest BCUT2D eigenvalue weighted by atomic mass is 10.0. The van der Waals surface area contributed by atoms with E-state index in [0.717, 1.165) is 0 Å². The molecule has 16 heteroatoms. The van der Waals surface area contributed by atoms with Gasteiger partial charge in [0, 0.05) is 31.2 Å². The Hall–Kier alpha value is -4.99. The number of aromatic nitrogens is 2. The Morgan fingerprint density at radius 3 is 2.02 bits per heavy atom. The normalized spacial score (nSPS) is 13.7.